The van der Waals surface area contributed by atoms with Crippen LogP contribution in [0.1, 0.15) is 42.0 Å². The van der Waals surface area contributed by atoms with Gasteiger partial charge >= 0.3 is 5.97 Å². The fourth-order valence-corrected chi connectivity index (χ4v) is 2.58. The minimum absolute atomic E-state index is 0.240. The van der Waals surface area contributed by atoms with Gasteiger partial charge in [-0.05, 0) is 32.7 Å². The lowest BCUT2D eigenvalue weighted by Gasteiger charge is -2.23. The van der Waals surface area contributed by atoms with Gasteiger partial charge in [0.2, 0.25) is 0 Å². The van der Waals surface area contributed by atoms with Crippen molar-refractivity contribution in [3.8, 4) is 0 Å². The molecular formula is C12H19N3O2. The van der Waals surface area contributed by atoms with Gasteiger partial charge < -0.3 is 10.4 Å². The predicted molar refractivity (Wildman–Crippen MR) is 64.4 cm³/mol. The van der Waals surface area contributed by atoms with Crippen LogP contribution in [0.4, 0.5) is 0 Å². The van der Waals surface area contributed by atoms with E-state index in [1.54, 1.807) is 0 Å². The van der Waals surface area contributed by atoms with Crippen molar-refractivity contribution in [3.05, 3.63) is 17.0 Å². The molecule has 0 bridgehead atoms. The van der Waals surface area contributed by atoms with E-state index in [2.05, 4.69) is 17.3 Å². The van der Waals surface area contributed by atoms with Crippen molar-refractivity contribution in [3.63, 3.8) is 0 Å². The van der Waals surface area contributed by atoms with Crippen LogP contribution >= 0.6 is 0 Å². The molecule has 1 heterocycles. The number of hydrogen-bond acceptors (Lipinski definition) is 3. The van der Waals surface area contributed by atoms with Gasteiger partial charge in [-0.15, -0.1) is 0 Å². The number of aromatic carboxylic acids is 1. The van der Waals surface area contributed by atoms with Gasteiger partial charge in [0.1, 0.15) is 0 Å². The Morgan fingerprint density at radius 1 is 1.59 bits per heavy atom. The Bertz CT molecular complexity index is 426. The molecule has 1 unspecified atom stereocenters. The lowest BCUT2D eigenvalue weighted by Crippen LogP contribution is -2.35. The van der Waals surface area contributed by atoms with E-state index in [1.807, 2.05) is 11.6 Å². The predicted octanol–water partition coefficient (Wildman–Crippen LogP) is 1.07. The molecule has 2 rings (SSSR count). The van der Waals surface area contributed by atoms with Crippen LogP contribution in [0.15, 0.2) is 0 Å². The Morgan fingerprint density at radius 2 is 2.35 bits per heavy atom. The Labute approximate surface area is 101 Å². The highest BCUT2D eigenvalue weighted by atomic mass is 16.4. The van der Waals surface area contributed by atoms with E-state index in [0.717, 1.165) is 43.6 Å². The molecule has 94 valence electrons. The summed E-state index contributed by atoms with van der Waals surface area (Å²) in [6, 6.07) is 0.389. The molecule has 0 aliphatic heterocycles. The molecule has 0 radical (unpaired) electrons. The zero-order valence-corrected chi connectivity index (χ0v) is 10.4. The molecule has 1 aromatic rings. The molecule has 0 saturated carbocycles. The fraction of sp³-hybridized carbons (Fsp3) is 0.667. The summed E-state index contributed by atoms with van der Waals surface area (Å²) in [5, 5.41) is 16.8. The number of nitrogens with zero attached hydrogens (tertiary/aromatic N) is 2. The number of nitrogens with one attached hydrogen (secondary N) is 1. The van der Waals surface area contributed by atoms with Gasteiger partial charge in [0.05, 0.1) is 0 Å². The number of aromatic nitrogens is 2. The van der Waals surface area contributed by atoms with Crippen molar-refractivity contribution >= 4 is 5.97 Å². The third-order valence-corrected chi connectivity index (χ3v) is 3.34. The maximum Gasteiger partial charge on any atom is 0.356 e. The number of fused-ring (bicyclic) bond motifs is 1. The molecule has 1 aliphatic carbocycles. The van der Waals surface area contributed by atoms with Crippen LogP contribution < -0.4 is 5.32 Å². The average Bonchev–Trinajstić information content (AvgIpc) is 2.67. The van der Waals surface area contributed by atoms with Crippen LogP contribution in [-0.4, -0.2) is 33.4 Å². The maximum absolute atomic E-state index is 11.2. The van der Waals surface area contributed by atoms with Crippen LogP contribution in [0.3, 0.4) is 0 Å². The zero-order chi connectivity index (χ0) is 12.4. The smallest absolute Gasteiger partial charge is 0.356 e. The number of carboxylic acids is 1. The van der Waals surface area contributed by atoms with Crippen LogP contribution in [0.25, 0.3) is 0 Å². The first-order chi connectivity index (χ1) is 8.17. The van der Waals surface area contributed by atoms with Gasteiger partial charge in [0, 0.05) is 23.8 Å². The molecule has 2 N–H and O–H groups in total. The van der Waals surface area contributed by atoms with Crippen molar-refractivity contribution in [2.45, 2.75) is 45.7 Å². The number of aryl methyl sites for hydroxylation is 1. The number of hydrogen-bond donors (Lipinski definition) is 2. The third kappa shape index (κ3) is 2.20. The molecule has 5 heteroatoms. The van der Waals surface area contributed by atoms with E-state index >= 15 is 0 Å². The Morgan fingerprint density at radius 3 is 2.94 bits per heavy atom. The van der Waals surface area contributed by atoms with Gasteiger partial charge in [-0.1, -0.05) is 6.92 Å². The van der Waals surface area contributed by atoms with Crippen LogP contribution in [0, 0.1) is 0 Å². The fourth-order valence-electron chi connectivity index (χ4n) is 2.58. The summed E-state index contributed by atoms with van der Waals surface area (Å²) in [7, 11) is 0. The second kappa shape index (κ2) is 4.87. The molecule has 1 aliphatic rings. The lowest BCUT2D eigenvalue weighted by molar-refractivity contribution is 0.0688. The number of carboxylic acid groups (broad SMARTS) is 1. The van der Waals surface area contributed by atoms with E-state index in [-0.39, 0.29) is 5.69 Å². The highest BCUT2D eigenvalue weighted by Gasteiger charge is 2.28. The van der Waals surface area contributed by atoms with Gasteiger partial charge in [0.15, 0.2) is 5.69 Å². The molecule has 0 spiro atoms. The summed E-state index contributed by atoms with van der Waals surface area (Å²) in [6.45, 7) is 5.73. The topological polar surface area (TPSA) is 67.2 Å². The van der Waals surface area contributed by atoms with E-state index in [1.165, 1.54) is 0 Å². The quantitative estimate of drug-likeness (QED) is 0.822. The first kappa shape index (κ1) is 12.1. The van der Waals surface area contributed by atoms with Gasteiger partial charge in [0.25, 0.3) is 0 Å². The monoisotopic (exact) mass is 237 g/mol. The summed E-state index contributed by atoms with van der Waals surface area (Å²) >= 11 is 0. The molecule has 0 saturated heterocycles. The van der Waals surface area contributed by atoms with Crippen LogP contribution in [0.5, 0.6) is 0 Å². The zero-order valence-electron chi connectivity index (χ0n) is 10.4. The van der Waals surface area contributed by atoms with Gasteiger partial charge in [-0.25, -0.2) is 4.79 Å². The highest BCUT2D eigenvalue weighted by molar-refractivity contribution is 5.87. The average molecular weight is 237 g/mol. The van der Waals surface area contributed by atoms with Crippen molar-refractivity contribution < 1.29 is 9.90 Å². The van der Waals surface area contributed by atoms with E-state index < -0.39 is 5.97 Å². The number of carbonyl (C=O) groups is 1. The van der Waals surface area contributed by atoms with Crippen molar-refractivity contribution in [2.24, 2.45) is 0 Å². The van der Waals surface area contributed by atoms with E-state index in [9.17, 15) is 4.79 Å². The summed E-state index contributed by atoms with van der Waals surface area (Å²) in [6.07, 6.45) is 2.76. The molecule has 1 atom stereocenters. The number of rotatable bonds is 4. The minimum atomic E-state index is -0.911. The van der Waals surface area contributed by atoms with Crippen LogP contribution in [0.2, 0.25) is 0 Å². The second-order valence-electron chi connectivity index (χ2n) is 4.39. The van der Waals surface area contributed by atoms with Crippen LogP contribution in [-0.2, 0) is 19.4 Å². The Kier molecular flexibility index (Phi) is 3.47. The molecule has 0 amide bonds. The Hall–Kier alpha value is -1.36. The number of likely N-dealkylation sites (N-methyl/N-ethyl adjacent to an activating group) is 1. The normalized spacial score (nSPS) is 19.1. The van der Waals surface area contributed by atoms with Crippen molar-refractivity contribution in [1.82, 2.24) is 15.1 Å². The largest absolute Gasteiger partial charge is 0.476 e. The lowest BCUT2D eigenvalue weighted by atomic mass is 9.91. The highest BCUT2D eigenvalue weighted by Crippen LogP contribution is 2.24. The molecule has 5 nitrogen and oxygen atoms in total. The maximum atomic E-state index is 11.2. The summed E-state index contributed by atoms with van der Waals surface area (Å²) < 4.78 is 1.83. The Balaban J connectivity index is 2.34. The first-order valence-corrected chi connectivity index (χ1v) is 6.22. The standard InChI is InChI=1S/C12H19N3O2/c1-3-13-8-5-6-10-9(7-8)11(12(16)17)14-15(10)4-2/h8,13H,3-7H2,1-2H3,(H,16,17). The minimum Gasteiger partial charge on any atom is -0.476 e. The third-order valence-electron chi connectivity index (χ3n) is 3.34. The van der Waals surface area contributed by atoms with Gasteiger partial charge in [-0.2, -0.15) is 5.10 Å². The summed E-state index contributed by atoms with van der Waals surface area (Å²) in [4.78, 5) is 11.2. The van der Waals surface area contributed by atoms with Crippen molar-refractivity contribution in [2.75, 3.05) is 6.54 Å². The molecular weight excluding hydrogens is 218 g/mol. The van der Waals surface area contributed by atoms with Gasteiger partial charge in [-0.3, -0.25) is 4.68 Å². The van der Waals surface area contributed by atoms with E-state index in [0.29, 0.717) is 6.04 Å². The van der Waals surface area contributed by atoms with E-state index in [4.69, 9.17) is 5.11 Å². The molecule has 0 fully saturated rings. The molecule has 1 aromatic heterocycles. The summed E-state index contributed by atoms with van der Waals surface area (Å²) in [5.41, 5.74) is 2.28. The second-order valence-corrected chi connectivity index (χ2v) is 4.39. The first-order valence-electron chi connectivity index (χ1n) is 6.22. The molecule has 0 aromatic carbocycles. The van der Waals surface area contributed by atoms with Crippen molar-refractivity contribution in [1.29, 1.82) is 0 Å². The SMILES string of the molecule is CCNC1CCc2c(c(C(=O)O)nn2CC)C1. The molecule has 17 heavy (non-hydrogen) atoms. The summed E-state index contributed by atoms with van der Waals surface area (Å²) in [5.74, 6) is -0.911.